The lowest BCUT2D eigenvalue weighted by atomic mass is 9.95. The van der Waals surface area contributed by atoms with Crippen molar-refractivity contribution in [3.8, 4) is 0 Å². The second kappa shape index (κ2) is 6.93. The van der Waals surface area contributed by atoms with Crippen molar-refractivity contribution in [1.82, 2.24) is 0 Å². The molecule has 94 valence electrons. The molecule has 0 radical (unpaired) electrons. The number of carbonyl (C=O) groups is 1. The van der Waals surface area contributed by atoms with Gasteiger partial charge in [0.1, 0.15) is 6.10 Å². The number of hydrogen-bond acceptors (Lipinski definition) is 2. The van der Waals surface area contributed by atoms with Crippen molar-refractivity contribution in [3.05, 3.63) is 0 Å². The van der Waals surface area contributed by atoms with E-state index < -0.39 is 0 Å². The van der Waals surface area contributed by atoms with Crippen LogP contribution in [-0.2, 0) is 9.53 Å². The molecule has 2 heteroatoms. The summed E-state index contributed by atoms with van der Waals surface area (Å²) >= 11 is 0. The third kappa shape index (κ3) is 4.54. The van der Waals surface area contributed by atoms with Crippen molar-refractivity contribution < 1.29 is 9.53 Å². The van der Waals surface area contributed by atoms with Crippen molar-refractivity contribution in [2.24, 2.45) is 11.8 Å². The minimum absolute atomic E-state index is 0.0522. The fourth-order valence-corrected chi connectivity index (χ4v) is 2.04. The molecule has 1 fully saturated rings. The summed E-state index contributed by atoms with van der Waals surface area (Å²) in [5.74, 6) is 1.09. The zero-order valence-corrected chi connectivity index (χ0v) is 11.0. The normalized spacial score (nSPS) is 17.5. The fourth-order valence-electron chi connectivity index (χ4n) is 2.04. The number of carbonyl (C=O) groups excluding carboxylic acids is 1. The van der Waals surface area contributed by atoms with Gasteiger partial charge in [-0.25, -0.2) is 0 Å². The van der Waals surface area contributed by atoms with Gasteiger partial charge in [0.25, 0.3) is 0 Å². The molecule has 0 aliphatic heterocycles. The molecule has 0 bridgehead atoms. The van der Waals surface area contributed by atoms with Crippen LogP contribution < -0.4 is 0 Å². The Morgan fingerprint density at radius 3 is 2.19 bits per heavy atom. The first-order valence-electron chi connectivity index (χ1n) is 6.91. The maximum absolute atomic E-state index is 11.5. The average Bonchev–Trinajstić information content (AvgIpc) is 3.12. The lowest BCUT2D eigenvalue weighted by molar-refractivity contribution is -0.151. The Kier molecular flexibility index (Phi) is 5.86. The van der Waals surface area contributed by atoms with E-state index in [2.05, 4.69) is 20.8 Å². The van der Waals surface area contributed by atoms with E-state index in [4.69, 9.17) is 4.74 Å². The Labute approximate surface area is 99.8 Å². The molecule has 0 spiro atoms. The fraction of sp³-hybridized carbons (Fsp3) is 0.929. The number of hydrogen-bond donors (Lipinski definition) is 0. The van der Waals surface area contributed by atoms with E-state index in [9.17, 15) is 4.79 Å². The Balaban J connectivity index is 2.22. The Hall–Kier alpha value is -0.530. The van der Waals surface area contributed by atoms with Crippen LogP contribution in [0.15, 0.2) is 0 Å². The Bertz CT molecular complexity index is 205. The molecule has 0 amide bonds. The Morgan fingerprint density at radius 1 is 1.12 bits per heavy atom. The first-order chi connectivity index (χ1) is 7.71. The second-order valence-corrected chi connectivity index (χ2v) is 5.00. The van der Waals surface area contributed by atoms with Crippen molar-refractivity contribution in [2.45, 2.75) is 71.8 Å². The van der Waals surface area contributed by atoms with Gasteiger partial charge in [0, 0.05) is 0 Å². The summed E-state index contributed by atoms with van der Waals surface area (Å²) in [5.41, 5.74) is 0. The topological polar surface area (TPSA) is 26.3 Å². The molecule has 2 nitrogen and oxygen atoms in total. The standard InChI is InChI=1S/C14H26O2/c1-4-11(5-2)7-10-13(6-3)16-14(15)12-8-9-12/h11-13H,4-10H2,1-3H3. The van der Waals surface area contributed by atoms with Crippen molar-refractivity contribution >= 4 is 5.97 Å². The van der Waals surface area contributed by atoms with E-state index in [1.807, 2.05) is 0 Å². The van der Waals surface area contributed by atoms with Gasteiger partial charge >= 0.3 is 5.97 Å². The van der Waals surface area contributed by atoms with Crippen molar-refractivity contribution in [1.29, 1.82) is 0 Å². The van der Waals surface area contributed by atoms with Crippen LogP contribution in [0.2, 0.25) is 0 Å². The lowest BCUT2D eigenvalue weighted by Gasteiger charge is -2.19. The zero-order valence-electron chi connectivity index (χ0n) is 11.0. The third-order valence-corrected chi connectivity index (χ3v) is 3.70. The highest BCUT2D eigenvalue weighted by Gasteiger charge is 2.32. The molecule has 1 aliphatic carbocycles. The van der Waals surface area contributed by atoms with Gasteiger partial charge in [-0.2, -0.15) is 0 Å². The predicted octanol–water partition coefficient (Wildman–Crippen LogP) is 3.93. The van der Waals surface area contributed by atoms with E-state index in [1.54, 1.807) is 0 Å². The van der Waals surface area contributed by atoms with Gasteiger partial charge in [-0.15, -0.1) is 0 Å². The van der Waals surface area contributed by atoms with Crippen molar-refractivity contribution in [2.75, 3.05) is 0 Å². The molecule has 0 saturated heterocycles. The largest absolute Gasteiger partial charge is 0.462 e. The highest BCUT2D eigenvalue weighted by molar-refractivity contribution is 5.75. The number of rotatable bonds is 8. The average molecular weight is 226 g/mol. The van der Waals surface area contributed by atoms with Crippen LogP contribution in [0.3, 0.4) is 0 Å². The Morgan fingerprint density at radius 2 is 1.75 bits per heavy atom. The molecule has 0 aromatic heterocycles. The quantitative estimate of drug-likeness (QED) is 0.586. The summed E-state index contributed by atoms with van der Waals surface area (Å²) in [4.78, 5) is 11.5. The summed E-state index contributed by atoms with van der Waals surface area (Å²) < 4.78 is 5.52. The minimum Gasteiger partial charge on any atom is -0.462 e. The summed E-state index contributed by atoms with van der Waals surface area (Å²) in [6, 6.07) is 0. The number of ether oxygens (including phenoxy) is 1. The van der Waals surface area contributed by atoms with Gasteiger partial charge in [0.15, 0.2) is 0 Å². The summed E-state index contributed by atoms with van der Waals surface area (Å²) in [6.45, 7) is 6.59. The maximum Gasteiger partial charge on any atom is 0.309 e. The van der Waals surface area contributed by atoms with Crippen LogP contribution >= 0.6 is 0 Å². The smallest absolute Gasteiger partial charge is 0.309 e. The molecule has 1 aliphatic rings. The van der Waals surface area contributed by atoms with E-state index in [0.717, 1.165) is 31.6 Å². The van der Waals surface area contributed by atoms with Crippen LogP contribution in [0.25, 0.3) is 0 Å². The summed E-state index contributed by atoms with van der Waals surface area (Å²) in [5, 5.41) is 0. The molecule has 0 aromatic carbocycles. The first-order valence-corrected chi connectivity index (χ1v) is 6.91. The molecule has 0 N–H and O–H groups in total. The first kappa shape index (κ1) is 13.5. The molecule has 1 atom stereocenters. The summed E-state index contributed by atoms with van der Waals surface area (Å²) in [7, 11) is 0. The van der Waals surface area contributed by atoms with Crippen LogP contribution in [-0.4, -0.2) is 12.1 Å². The van der Waals surface area contributed by atoms with Gasteiger partial charge in [0.2, 0.25) is 0 Å². The van der Waals surface area contributed by atoms with E-state index in [-0.39, 0.29) is 18.0 Å². The number of esters is 1. The molecule has 1 rings (SSSR count). The molecule has 1 unspecified atom stereocenters. The monoisotopic (exact) mass is 226 g/mol. The van der Waals surface area contributed by atoms with Gasteiger partial charge in [-0.05, 0) is 38.0 Å². The summed E-state index contributed by atoms with van der Waals surface area (Å²) in [6.07, 6.45) is 7.92. The molecule has 1 saturated carbocycles. The highest BCUT2D eigenvalue weighted by Crippen LogP contribution is 2.31. The van der Waals surface area contributed by atoms with E-state index in [0.29, 0.717) is 0 Å². The van der Waals surface area contributed by atoms with Gasteiger partial charge in [-0.1, -0.05) is 33.6 Å². The van der Waals surface area contributed by atoms with E-state index in [1.165, 1.54) is 19.3 Å². The van der Waals surface area contributed by atoms with Crippen LogP contribution in [0.4, 0.5) is 0 Å². The minimum atomic E-state index is 0.0522. The van der Waals surface area contributed by atoms with E-state index >= 15 is 0 Å². The third-order valence-electron chi connectivity index (χ3n) is 3.70. The van der Waals surface area contributed by atoms with Crippen LogP contribution in [0.5, 0.6) is 0 Å². The second-order valence-electron chi connectivity index (χ2n) is 5.00. The molecular formula is C14H26O2. The van der Waals surface area contributed by atoms with Crippen LogP contribution in [0.1, 0.15) is 65.7 Å². The molecule has 16 heavy (non-hydrogen) atoms. The zero-order chi connectivity index (χ0) is 12.0. The highest BCUT2D eigenvalue weighted by atomic mass is 16.5. The SMILES string of the molecule is CCC(CC)CCC(CC)OC(=O)C1CC1. The molecule has 0 aromatic rings. The predicted molar refractivity (Wildman–Crippen MR) is 66.2 cm³/mol. The van der Waals surface area contributed by atoms with Crippen molar-refractivity contribution in [3.63, 3.8) is 0 Å². The molecular weight excluding hydrogens is 200 g/mol. The van der Waals surface area contributed by atoms with Crippen LogP contribution in [0, 0.1) is 11.8 Å². The van der Waals surface area contributed by atoms with Gasteiger partial charge in [-0.3, -0.25) is 4.79 Å². The van der Waals surface area contributed by atoms with Gasteiger partial charge < -0.3 is 4.74 Å². The molecule has 0 heterocycles. The maximum atomic E-state index is 11.5. The lowest BCUT2D eigenvalue weighted by Crippen LogP contribution is -2.19. The van der Waals surface area contributed by atoms with Gasteiger partial charge in [0.05, 0.1) is 5.92 Å².